The maximum absolute atomic E-state index is 12.3. The summed E-state index contributed by atoms with van der Waals surface area (Å²) < 4.78 is 108. The van der Waals surface area contributed by atoms with Crippen LogP contribution in [0.25, 0.3) is 11.0 Å². The standard InChI is InChI=1S/C21H26BrNO6.C12H17F6N2O5P/c1-21(2,3)20(26)29-17-12-16-13(11-15(17)22)10-14(19(25)28-16)18(24)23-8-6-5-7-9-27-4;13-11(14,15)9(21)19-5-1-3-7-24-26(23)25-8-4-2-6-20-10(22)12(16,17)18/h10-12H,5-9H2,1-4H3,(H,23,24);1-8H2,(H-,19,20,21,22)/p+1. The average Bonchev–Trinajstić information content (AvgIpc) is 3.08. The summed E-state index contributed by atoms with van der Waals surface area (Å²) in [6.45, 7) is 5.80. The Bertz CT molecular complexity index is 1610. The highest BCUT2D eigenvalue weighted by Crippen LogP contribution is 2.32. The van der Waals surface area contributed by atoms with Crippen LogP contribution in [-0.4, -0.2) is 82.6 Å². The molecule has 0 aliphatic rings. The molecule has 2 aromatic rings. The molecule has 1 aromatic carbocycles. The van der Waals surface area contributed by atoms with Gasteiger partial charge in [-0.25, -0.2) is 4.79 Å². The number of hydrogen-bond acceptors (Lipinski definition) is 11. The zero-order valence-electron chi connectivity index (χ0n) is 30.5. The van der Waals surface area contributed by atoms with E-state index in [2.05, 4.69) is 21.2 Å². The molecule has 0 fully saturated rings. The van der Waals surface area contributed by atoms with Crippen molar-refractivity contribution in [2.24, 2.45) is 5.41 Å². The fourth-order valence-electron chi connectivity index (χ4n) is 3.83. The molecule has 0 radical (unpaired) electrons. The second-order valence-electron chi connectivity index (χ2n) is 12.5. The van der Waals surface area contributed by atoms with Crippen molar-refractivity contribution in [1.82, 2.24) is 16.0 Å². The molecule has 3 N–H and O–H groups in total. The fraction of sp³-hybridized carbons (Fsp3) is 0.606. The zero-order valence-corrected chi connectivity index (χ0v) is 33.0. The van der Waals surface area contributed by atoms with Crippen LogP contribution in [0.3, 0.4) is 0 Å². The number of benzene rings is 1. The van der Waals surface area contributed by atoms with Crippen molar-refractivity contribution in [2.75, 3.05) is 46.6 Å². The zero-order chi connectivity index (χ0) is 41.8. The number of ether oxygens (including phenoxy) is 2. The molecule has 0 aliphatic heterocycles. The number of esters is 1. The topological polar surface area (TPSA) is 189 Å². The minimum atomic E-state index is -4.94. The molecule has 310 valence electrons. The second-order valence-corrected chi connectivity index (χ2v) is 14.3. The van der Waals surface area contributed by atoms with E-state index >= 15 is 0 Å². The lowest BCUT2D eigenvalue weighted by Gasteiger charge is -2.17. The van der Waals surface area contributed by atoms with Gasteiger partial charge >= 0.3 is 44.0 Å². The Morgan fingerprint density at radius 1 is 0.745 bits per heavy atom. The van der Waals surface area contributed by atoms with Crippen LogP contribution < -0.4 is 26.3 Å². The van der Waals surface area contributed by atoms with Crippen LogP contribution in [-0.2, 0) is 32.7 Å². The number of hydrogen-bond donors (Lipinski definition) is 3. The van der Waals surface area contributed by atoms with Crippen LogP contribution in [0.1, 0.15) is 76.1 Å². The van der Waals surface area contributed by atoms with E-state index in [9.17, 15) is 54.9 Å². The lowest BCUT2D eigenvalue weighted by molar-refractivity contribution is -0.173. The van der Waals surface area contributed by atoms with Crippen molar-refractivity contribution in [1.29, 1.82) is 0 Å². The van der Waals surface area contributed by atoms with Crippen molar-refractivity contribution in [3.8, 4) is 5.75 Å². The van der Waals surface area contributed by atoms with Gasteiger partial charge < -0.3 is 29.8 Å². The first-order valence-corrected chi connectivity index (χ1v) is 18.7. The maximum Gasteiger partial charge on any atom is 0.697 e. The fourth-order valence-corrected chi connectivity index (χ4v) is 4.90. The van der Waals surface area contributed by atoms with Gasteiger partial charge in [0.1, 0.15) is 30.1 Å². The van der Waals surface area contributed by atoms with Gasteiger partial charge in [0.15, 0.2) is 0 Å². The van der Waals surface area contributed by atoms with Crippen molar-refractivity contribution in [2.45, 2.75) is 78.1 Å². The number of nitrogens with one attached hydrogen (secondary N) is 3. The van der Waals surface area contributed by atoms with Gasteiger partial charge in [-0.3, -0.25) is 19.2 Å². The molecule has 55 heavy (non-hydrogen) atoms. The van der Waals surface area contributed by atoms with Gasteiger partial charge in [0.05, 0.1) is 9.89 Å². The highest BCUT2D eigenvalue weighted by Gasteiger charge is 2.39. The highest BCUT2D eigenvalue weighted by molar-refractivity contribution is 9.10. The van der Waals surface area contributed by atoms with Crippen LogP contribution in [0.15, 0.2) is 31.9 Å². The maximum atomic E-state index is 12.3. The van der Waals surface area contributed by atoms with E-state index in [0.717, 1.165) is 19.3 Å². The van der Waals surface area contributed by atoms with E-state index in [-0.39, 0.29) is 68.9 Å². The number of unbranched alkanes of at least 4 members (excludes halogenated alkanes) is 4. The molecule has 0 aliphatic carbocycles. The number of fused-ring (bicyclic) bond motifs is 1. The molecule has 0 saturated carbocycles. The molecule has 0 spiro atoms. The molecular formula is C33H44BrF6N3O11P+. The molecule has 2 rings (SSSR count). The van der Waals surface area contributed by atoms with Crippen molar-refractivity contribution in [3.05, 3.63) is 38.7 Å². The van der Waals surface area contributed by atoms with Crippen molar-refractivity contribution in [3.63, 3.8) is 0 Å². The Hall–Kier alpha value is -3.65. The SMILES string of the molecule is COCCCCCNC(=O)c1cc2cc(Br)c(OC(=O)C(C)(C)C)cc2oc1=O.O=C(NCCCCO[P+](=O)OCCCCNC(=O)C(F)(F)F)C(F)(F)F. The van der Waals surface area contributed by atoms with Gasteiger partial charge in [-0.2, -0.15) is 26.3 Å². The first-order valence-electron chi connectivity index (χ1n) is 16.8. The summed E-state index contributed by atoms with van der Waals surface area (Å²) >= 11 is 3.36. The van der Waals surface area contributed by atoms with Gasteiger partial charge in [0.2, 0.25) is 0 Å². The first kappa shape index (κ1) is 49.4. The van der Waals surface area contributed by atoms with E-state index in [1.54, 1.807) is 44.6 Å². The van der Waals surface area contributed by atoms with Crippen LogP contribution in [0.4, 0.5) is 26.3 Å². The Kier molecular flexibility index (Phi) is 21.6. The largest absolute Gasteiger partial charge is 0.697 e. The third kappa shape index (κ3) is 20.2. The van der Waals surface area contributed by atoms with E-state index < -0.39 is 55.3 Å². The minimum Gasteiger partial charge on any atom is -0.425 e. The molecule has 1 heterocycles. The summed E-state index contributed by atoms with van der Waals surface area (Å²) in [5.41, 5.74) is -1.27. The highest BCUT2D eigenvalue weighted by atomic mass is 79.9. The van der Waals surface area contributed by atoms with E-state index in [1.165, 1.54) is 12.1 Å². The van der Waals surface area contributed by atoms with E-state index in [1.807, 2.05) is 0 Å². The Morgan fingerprint density at radius 3 is 1.73 bits per heavy atom. The molecule has 22 heteroatoms. The quantitative estimate of drug-likeness (QED) is 0.0323. The monoisotopic (exact) mass is 882 g/mol. The lowest BCUT2D eigenvalue weighted by atomic mass is 9.97. The number of amides is 3. The minimum absolute atomic E-state index is 0.0688. The number of carbonyl (C=O) groups is 4. The molecule has 3 amide bonds. The Morgan fingerprint density at radius 2 is 1.24 bits per heavy atom. The number of alkyl halides is 6. The lowest BCUT2D eigenvalue weighted by Crippen LogP contribution is -2.37. The predicted molar refractivity (Wildman–Crippen MR) is 189 cm³/mol. The van der Waals surface area contributed by atoms with Gasteiger partial charge in [-0.05, 0) is 93.8 Å². The normalized spacial score (nSPS) is 11.7. The molecule has 14 nitrogen and oxygen atoms in total. The Labute approximate surface area is 321 Å². The van der Waals surface area contributed by atoms with Gasteiger partial charge in [-0.15, -0.1) is 9.05 Å². The van der Waals surface area contributed by atoms with E-state index in [4.69, 9.17) is 22.9 Å². The second kappa shape index (κ2) is 24.1. The van der Waals surface area contributed by atoms with E-state index in [0.29, 0.717) is 23.0 Å². The average molecular weight is 884 g/mol. The van der Waals surface area contributed by atoms with Crippen molar-refractivity contribution < 1.29 is 73.0 Å². The molecular weight excluding hydrogens is 839 g/mol. The van der Waals surface area contributed by atoms with Crippen LogP contribution in [0.5, 0.6) is 5.75 Å². The molecule has 0 atom stereocenters. The summed E-state index contributed by atoms with van der Waals surface area (Å²) in [4.78, 5) is 57.7. The first-order chi connectivity index (χ1) is 25.6. The Balaban J connectivity index is 0.000000554. The molecule has 0 bridgehead atoms. The molecule has 0 saturated heterocycles. The molecule has 0 unspecified atom stereocenters. The van der Waals surface area contributed by atoms with Crippen molar-refractivity contribution >= 4 is 58.8 Å². The van der Waals surface area contributed by atoms with Crippen LogP contribution >= 0.6 is 24.2 Å². The third-order valence-electron chi connectivity index (χ3n) is 6.78. The van der Waals surface area contributed by atoms with Gasteiger partial charge in [0.25, 0.3) is 5.91 Å². The number of methoxy groups -OCH3 is 1. The van der Waals surface area contributed by atoms with Crippen LogP contribution in [0.2, 0.25) is 0 Å². The summed E-state index contributed by atoms with van der Waals surface area (Å²) in [5.74, 6) is -4.74. The van der Waals surface area contributed by atoms with Gasteiger partial charge in [-0.1, -0.05) is 0 Å². The molecule has 1 aromatic heterocycles. The summed E-state index contributed by atoms with van der Waals surface area (Å²) in [6, 6.07) is 4.58. The number of rotatable bonds is 20. The summed E-state index contributed by atoms with van der Waals surface area (Å²) in [7, 11) is -0.819. The predicted octanol–water partition coefficient (Wildman–Crippen LogP) is 6.65. The summed E-state index contributed by atoms with van der Waals surface area (Å²) in [5, 5.41) is 6.58. The smallest absolute Gasteiger partial charge is 0.425 e. The van der Waals surface area contributed by atoms with Crippen LogP contribution in [0, 0.1) is 5.41 Å². The van der Waals surface area contributed by atoms with Gasteiger partial charge in [0, 0.05) is 49.4 Å². The third-order valence-corrected chi connectivity index (χ3v) is 8.19. The summed E-state index contributed by atoms with van der Waals surface area (Å²) in [6.07, 6.45) is -6.45. The number of carbonyl (C=O) groups excluding carboxylic acids is 4. The number of halogens is 7.